The summed E-state index contributed by atoms with van der Waals surface area (Å²) in [4.78, 5) is 2.74. The third-order valence-corrected chi connectivity index (χ3v) is 4.17. The SMILES string of the molecule is CCCC1C[N@@+](C)(CC)CN1C(C)CC. The van der Waals surface area contributed by atoms with Crippen molar-refractivity contribution in [1.29, 1.82) is 0 Å². The number of nitrogens with zero attached hydrogens (tertiary/aromatic N) is 2. The van der Waals surface area contributed by atoms with Gasteiger partial charge >= 0.3 is 0 Å². The van der Waals surface area contributed by atoms with Gasteiger partial charge in [-0.25, -0.2) is 4.90 Å². The highest BCUT2D eigenvalue weighted by Gasteiger charge is 2.40. The van der Waals surface area contributed by atoms with Gasteiger partial charge in [-0.1, -0.05) is 20.3 Å². The first-order chi connectivity index (χ1) is 7.06. The van der Waals surface area contributed by atoms with E-state index in [4.69, 9.17) is 0 Å². The standard InChI is InChI=1S/C13H29N2/c1-6-9-13-10-15(5,8-3)11-14(13)12(4)7-2/h12-13H,6-11H2,1-5H3/q+1/t12?,13?,15-/m1/s1. The summed E-state index contributed by atoms with van der Waals surface area (Å²) < 4.78 is 1.25. The Labute approximate surface area is 95.8 Å². The molecule has 0 amide bonds. The van der Waals surface area contributed by atoms with Crippen LogP contribution in [-0.2, 0) is 0 Å². The molecule has 1 aliphatic rings. The molecule has 2 unspecified atom stereocenters. The van der Waals surface area contributed by atoms with Crippen LogP contribution in [0.1, 0.15) is 47.0 Å². The van der Waals surface area contributed by atoms with E-state index in [2.05, 4.69) is 39.6 Å². The van der Waals surface area contributed by atoms with E-state index in [1.54, 1.807) is 0 Å². The van der Waals surface area contributed by atoms with Gasteiger partial charge in [0.15, 0.2) is 0 Å². The summed E-state index contributed by atoms with van der Waals surface area (Å²) in [6.07, 6.45) is 3.98. The fraction of sp³-hybridized carbons (Fsp3) is 1.00. The topological polar surface area (TPSA) is 3.24 Å². The van der Waals surface area contributed by atoms with Crippen LogP contribution in [0.15, 0.2) is 0 Å². The van der Waals surface area contributed by atoms with Crippen LogP contribution in [0.3, 0.4) is 0 Å². The zero-order valence-electron chi connectivity index (χ0n) is 11.3. The minimum Gasteiger partial charge on any atom is -0.312 e. The van der Waals surface area contributed by atoms with Crippen molar-refractivity contribution >= 4 is 0 Å². The van der Waals surface area contributed by atoms with E-state index in [-0.39, 0.29) is 0 Å². The summed E-state index contributed by atoms with van der Waals surface area (Å²) in [5.74, 6) is 0. The molecular weight excluding hydrogens is 184 g/mol. The van der Waals surface area contributed by atoms with Crippen LogP contribution < -0.4 is 0 Å². The first-order valence-electron chi connectivity index (χ1n) is 6.65. The van der Waals surface area contributed by atoms with Crippen LogP contribution >= 0.6 is 0 Å². The Hall–Kier alpha value is -0.0800. The lowest BCUT2D eigenvalue weighted by Crippen LogP contribution is -2.44. The van der Waals surface area contributed by atoms with Crippen molar-refractivity contribution in [3.8, 4) is 0 Å². The average Bonchev–Trinajstić information content (AvgIpc) is 2.56. The number of likely N-dealkylation sites (N-methyl/N-ethyl adjacent to an activating group) is 1. The Morgan fingerprint density at radius 2 is 2.00 bits per heavy atom. The van der Waals surface area contributed by atoms with Gasteiger partial charge in [-0.3, -0.25) is 0 Å². The van der Waals surface area contributed by atoms with Crippen molar-refractivity contribution in [2.24, 2.45) is 0 Å². The Morgan fingerprint density at radius 3 is 2.47 bits per heavy atom. The van der Waals surface area contributed by atoms with Crippen LogP contribution in [0.2, 0.25) is 0 Å². The first-order valence-corrected chi connectivity index (χ1v) is 6.65. The van der Waals surface area contributed by atoms with E-state index in [0.717, 1.165) is 12.1 Å². The van der Waals surface area contributed by atoms with Crippen molar-refractivity contribution in [1.82, 2.24) is 4.90 Å². The van der Waals surface area contributed by atoms with Gasteiger partial charge in [-0.15, -0.1) is 0 Å². The quantitative estimate of drug-likeness (QED) is 0.635. The van der Waals surface area contributed by atoms with E-state index in [1.807, 2.05) is 0 Å². The van der Waals surface area contributed by atoms with Crippen molar-refractivity contribution in [2.75, 3.05) is 26.8 Å². The van der Waals surface area contributed by atoms with Crippen molar-refractivity contribution in [2.45, 2.75) is 59.0 Å². The Morgan fingerprint density at radius 1 is 1.33 bits per heavy atom. The van der Waals surface area contributed by atoms with Crippen molar-refractivity contribution < 1.29 is 4.48 Å². The molecule has 0 saturated carbocycles. The van der Waals surface area contributed by atoms with Crippen LogP contribution in [0.4, 0.5) is 0 Å². The summed E-state index contributed by atoms with van der Waals surface area (Å²) in [6.45, 7) is 13.2. The van der Waals surface area contributed by atoms with E-state index in [1.165, 1.54) is 43.5 Å². The normalized spacial score (nSPS) is 34.6. The molecule has 0 bridgehead atoms. The van der Waals surface area contributed by atoms with Gasteiger partial charge in [0.25, 0.3) is 0 Å². The minimum atomic E-state index is 0.757. The third kappa shape index (κ3) is 2.94. The molecule has 1 aliphatic heterocycles. The largest absolute Gasteiger partial charge is 0.312 e. The lowest BCUT2D eigenvalue weighted by molar-refractivity contribution is -0.901. The van der Waals surface area contributed by atoms with Gasteiger partial charge in [0, 0.05) is 6.04 Å². The minimum absolute atomic E-state index is 0.757. The molecular formula is C13H29N2+. The summed E-state index contributed by atoms with van der Waals surface area (Å²) >= 11 is 0. The number of rotatable bonds is 5. The summed E-state index contributed by atoms with van der Waals surface area (Å²) in [6, 6.07) is 1.59. The average molecular weight is 213 g/mol. The van der Waals surface area contributed by atoms with Gasteiger partial charge in [0.1, 0.15) is 6.67 Å². The van der Waals surface area contributed by atoms with E-state index >= 15 is 0 Å². The van der Waals surface area contributed by atoms with E-state index in [9.17, 15) is 0 Å². The van der Waals surface area contributed by atoms with Crippen LogP contribution in [0.5, 0.6) is 0 Å². The van der Waals surface area contributed by atoms with Gasteiger partial charge in [-0.2, -0.15) is 0 Å². The Kier molecular flexibility index (Phi) is 4.60. The fourth-order valence-electron chi connectivity index (χ4n) is 2.73. The van der Waals surface area contributed by atoms with E-state index in [0.29, 0.717) is 0 Å². The molecule has 0 aromatic rings. The maximum atomic E-state index is 2.74. The molecule has 1 heterocycles. The second kappa shape index (κ2) is 5.31. The lowest BCUT2D eigenvalue weighted by Gasteiger charge is -2.29. The maximum absolute atomic E-state index is 2.74. The fourth-order valence-corrected chi connectivity index (χ4v) is 2.73. The molecule has 2 heteroatoms. The molecule has 0 N–H and O–H groups in total. The van der Waals surface area contributed by atoms with Crippen LogP contribution in [-0.4, -0.2) is 48.3 Å². The number of hydrogen-bond acceptors (Lipinski definition) is 1. The monoisotopic (exact) mass is 213 g/mol. The molecule has 0 radical (unpaired) electrons. The summed E-state index contributed by atoms with van der Waals surface area (Å²) in [5, 5.41) is 0. The number of hydrogen-bond donors (Lipinski definition) is 0. The number of quaternary nitrogens is 1. The van der Waals surface area contributed by atoms with Crippen LogP contribution in [0.25, 0.3) is 0 Å². The van der Waals surface area contributed by atoms with E-state index < -0.39 is 0 Å². The first kappa shape index (κ1) is 13.0. The third-order valence-electron chi connectivity index (χ3n) is 4.17. The van der Waals surface area contributed by atoms with Gasteiger partial charge in [-0.05, 0) is 26.7 Å². The Balaban J connectivity index is 2.67. The second-order valence-electron chi connectivity index (χ2n) is 5.47. The van der Waals surface area contributed by atoms with Crippen LogP contribution in [0, 0.1) is 0 Å². The molecule has 1 fully saturated rings. The zero-order chi connectivity index (χ0) is 11.5. The van der Waals surface area contributed by atoms with Crippen molar-refractivity contribution in [3.05, 3.63) is 0 Å². The highest BCUT2D eigenvalue weighted by atomic mass is 15.5. The highest BCUT2D eigenvalue weighted by Crippen LogP contribution is 2.25. The molecule has 2 nitrogen and oxygen atoms in total. The van der Waals surface area contributed by atoms with Crippen molar-refractivity contribution in [3.63, 3.8) is 0 Å². The highest BCUT2D eigenvalue weighted by molar-refractivity contribution is 4.78. The second-order valence-corrected chi connectivity index (χ2v) is 5.47. The molecule has 15 heavy (non-hydrogen) atoms. The summed E-state index contributed by atoms with van der Waals surface area (Å²) in [5.41, 5.74) is 0. The predicted octanol–water partition coefficient (Wildman–Crippen LogP) is 2.69. The molecule has 1 saturated heterocycles. The molecule has 3 atom stereocenters. The molecule has 0 aliphatic carbocycles. The smallest absolute Gasteiger partial charge is 0.135 e. The van der Waals surface area contributed by atoms with Gasteiger partial charge in [0.05, 0.1) is 26.2 Å². The Bertz CT molecular complexity index is 193. The predicted molar refractivity (Wildman–Crippen MR) is 66.7 cm³/mol. The van der Waals surface area contributed by atoms with Gasteiger partial charge < -0.3 is 4.48 Å². The van der Waals surface area contributed by atoms with Gasteiger partial charge in [0.2, 0.25) is 0 Å². The molecule has 1 rings (SSSR count). The molecule has 0 aromatic heterocycles. The maximum Gasteiger partial charge on any atom is 0.135 e. The molecule has 90 valence electrons. The molecule has 0 spiro atoms. The lowest BCUT2D eigenvalue weighted by atomic mass is 10.1. The molecule has 0 aromatic carbocycles. The zero-order valence-corrected chi connectivity index (χ0v) is 11.3. The summed E-state index contributed by atoms with van der Waals surface area (Å²) in [7, 11) is 2.41.